The van der Waals surface area contributed by atoms with Crippen LogP contribution in [-0.4, -0.2) is 6.69 Å². The van der Waals surface area contributed by atoms with Gasteiger partial charge in [-0.05, 0) is 0 Å². The van der Waals surface area contributed by atoms with Crippen LogP contribution in [0.15, 0.2) is 48.5 Å². The van der Waals surface area contributed by atoms with E-state index in [1.165, 1.54) is 11.1 Å². The summed E-state index contributed by atoms with van der Waals surface area (Å²) in [4.78, 5) is 0. The molecular weight excluding hydrogens is 279 g/mol. The Morgan fingerprint density at radius 1 is 0.778 bits per heavy atom. The molecular formula is C15H14Cl2Si-. The number of hydrogen-bond acceptors (Lipinski definition) is 0. The molecule has 0 aromatic heterocycles. The average Bonchev–Trinajstić information content (AvgIpc) is 2.37. The van der Waals surface area contributed by atoms with Crippen molar-refractivity contribution in [2.75, 3.05) is 0 Å². The van der Waals surface area contributed by atoms with Gasteiger partial charge in [0.25, 0.3) is 0 Å². The van der Waals surface area contributed by atoms with E-state index in [1.54, 1.807) is 0 Å². The first-order valence-electron chi connectivity index (χ1n) is 6.03. The van der Waals surface area contributed by atoms with Crippen molar-refractivity contribution in [3.8, 4) is 0 Å². The summed E-state index contributed by atoms with van der Waals surface area (Å²) in [5.41, 5.74) is 2.49. The Hall–Kier alpha value is -0.763. The van der Waals surface area contributed by atoms with Gasteiger partial charge in [0.15, 0.2) is 0 Å². The third-order valence-corrected chi connectivity index (χ3v) is 8.55. The minimum atomic E-state index is -2.58. The van der Waals surface area contributed by atoms with E-state index in [1.807, 2.05) is 12.1 Å². The number of hydrogen-bond donors (Lipinski definition) is 0. The van der Waals surface area contributed by atoms with Crippen molar-refractivity contribution in [3.05, 3.63) is 59.7 Å². The van der Waals surface area contributed by atoms with Crippen molar-refractivity contribution < 1.29 is 0 Å². The zero-order chi connectivity index (χ0) is 13.0. The predicted octanol–water partition coefficient (Wildman–Crippen LogP) is 3.36. The van der Waals surface area contributed by atoms with E-state index in [2.05, 4.69) is 50.2 Å². The highest BCUT2D eigenvalue weighted by Crippen LogP contribution is 2.37. The molecule has 0 bridgehead atoms. The van der Waals surface area contributed by atoms with Gasteiger partial charge in [0, 0.05) is 5.41 Å². The molecule has 1 heterocycles. The molecule has 18 heavy (non-hydrogen) atoms. The Kier molecular flexibility index (Phi) is 2.64. The molecule has 0 radical (unpaired) electrons. The van der Waals surface area contributed by atoms with Crippen molar-refractivity contribution in [2.24, 2.45) is 0 Å². The summed E-state index contributed by atoms with van der Waals surface area (Å²) in [6.45, 7) is 1.90. The van der Waals surface area contributed by atoms with Crippen LogP contribution < -0.4 is 10.4 Å². The number of halogens is 2. The van der Waals surface area contributed by atoms with Crippen LogP contribution in [0.25, 0.3) is 0 Å². The number of fused-ring (bicyclic) bond motifs is 2. The molecule has 0 spiro atoms. The monoisotopic (exact) mass is 292 g/mol. The average molecular weight is 293 g/mol. The van der Waals surface area contributed by atoms with Gasteiger partial charge in [0.05, 0.1) is 6.69 Å². The molecule has 1 aliphatic rings. The first-order valence-corrected chi connectivity index (χ1v) is 10.1. The van der Waals surface area contributed by atoms with Crippen LogP contribution >= 0.6 is 22.2 Å². The van der Waals surface area contributed by atoms with Crippen LogP contribution in [0.3, 0.4) is 0 Å². The summed E-state index contributed by atoms with van der Waals surface area (Å²) in [5.74, 6) is 0. The lowest BCUT2D eigenvalue weighted by molar-refractivity contribution is 0.646. The smallest absolute Gasteiger partial charge is 0.0927 e. The number of benzene rings is 2. The molecule has 3 rings (SSSR count). The van der Waals surface area contributed by atoms with E-state index in [0.717, 1.165) is 10.4 Å². The molecule has 0 saturated carbocycles. The van der Waals surface area contributed by atoms with Gasteiger partial charge in [0.1, 0.15) is 0 Å². The third-order valence-electron chi connectivity index (χ3n) is 3.88. The molecule has 0 N–H and O–H groups in total. The van der Waals surface area contributed by atoms with Crippen molar-refractivity contribution >= 4 is 39.2 Å². The summed E-state index contributed by atoms with van der Waals surface area (Å²) in [7, 11) is 0. The minimum absolute atomic E-state index is 0.0343. The Balaban J connectivity index is 2.41. The molecule has 3 heteroatoms. The molecule has 0 amide bonds. The van der Waals surface area contributed by atoms with Gasteiger partial charge in [-0.3, -0.25) is 0 Å². The van der Waals surface area contributed by atoms with Gasteiger partial charge < -0.3 is 22.2 Å². The lowest BCUT2D eigenvalue weighted by Gasteiger charge is -2.47. The maximum Gasteiger partial charge on any atom is 0.0927 e. The summed E-state index contributed by atoms with van der Waals surface area (Å²) in [6, 6.07) is 16.6. The van der Waals surface area contributed by atoms with Crippen molar-refractivity contribution in [1.82, 2.24) is 0 Å². The minimum Gasteiger partial charge on any atom is -0.325 e. The van der Waals surface area contributed by atoms with E-state index >= 15 is 0 Å². The Bertz CT molecular complexity index is 512. The van der Waals surface area contributed by atoms with Crippen LogP contribution in [0.1, 0.15) is 25.0 Å². The highest BCUT2D eigenvalue weighted by atomic mass is 35.7. The molecule has 0 aliphatic carbocycles. The Morgan fingerprint density at radius 2 is 1.17 bits per heavy atom. The van der Waals surface area contributed by atoms with Crippen molar-refractivity contribution in [2.45, 2.75) is 19.3 Å². The van der Waals surface area contributed by atoms with E-state index < -0.39 is 6.69 Å². The molecule has 0 unspecified atom stereocenters. The molecule has 0 fully saturated rings. The third kappa shape index (κ3) is 1.51. The lowest BCUT2D eigenvalue weighted by Crippen LogP contribution is -2.58. The standard InChI is InChI=1S/C15H14Cl2Si/c1-15(2)11-7-3-5-9-13(11)18(16,17)14-10-6-4-8-12(14)15/h3-10H,1-2H3/q-1. The Morgan fingerprint density at radius 3 is 1.61 bits per heavy atom. The van der Waals surface area contributed by atoms with Crippen molar-refractivity contribution in [3.63, 3.8) is 0 Å². The van der Waals surface area contributed by atoms with E-state index in [9.17, 15) is 0 Å². The van der Waals surface area contributed by atoms with Crippen molar-refractivity contribution in [1.29, 1.82) is 0 Å². The molecule has 93 valence electrons. The van der Waals surface area contributed by atoms with E-state index in [-0.39, 0.29) is 5.41 Å². The maximum absolute atomic E-state index is 6.76. The van der Waals surface area contributed by atoms with Crippen LogP contribution in [0, 0.1) is 0 Å². The molecule has 0 atom stereocenters. The van der Waals surface area contributed by atoms with Crippen LogP contribution in [0.2, 0.25) is 0 Å². The maximum atomic E-state index is 6.76. The fourth-order valence-corrected chi connectivity index (χ4v) is 7.24. The second kappa shape index (κ2) is 3.86. The molecule has 2 aromatic rings. The van der Waals surface area contributed by atoms with Crippen LogP contribution in [-0.2, 0) is 5.41 Å². The van der Waals surface area contributed by atoms with Gasteiger partial charge in [-0.2, -0.15) is 0 Å². The van der Waals surface area contributed by atoms with Crippen LogP contribution in [0.4, 0.5) is 0 Å². The predicted molar refractivity (Wildman–Crippen MR) is 81.7 cm³/mol. The fraction of sp³-hybridized carbons (Fsp3) is 0.200. The largest absolute Gasteiger partial charge is 0.325 e. The van der Waals surface area contributed by atoms with Gasteiger partial charge in [-0.25, -0.2) is 0 Å². The van der Waals surface area contributed by atoms with Gasteiger partial charge in [-0.1, -0.05) is 73.5 Å². The zero-order valence-corrected chi connectivity index (χ0v) is 12.9. The van der Waals surface area contributed by atoms with Gasteiger partial charge in [0.2, 0.25) is 0 Å². The normalized spacial score (nSPS) is 18.9. The van der Waals surface area contributed by atoms with Gasteiger partial charge in [-0.15, -0.1) is 10.4 Å². The zero-order valence-electron chi connectivity index (χ0n) is 10.4. The summed E-state index contributed by atoms with van der Waals surface area (Å²) in [5, 5.41) is 2.27. The SMILES string of the molecule is CC1(C)c2ccccc2[Si-](Cl)(Cl)c2ccccc21. The summed E-state index contributed by atoms with van der Waals surface area (Å²) >= 11 is 13.5. The molecule has 0 nitrogen and oxygen atoms in total. The summed E-state index contributed by atoms with van der Waals surface area (Å²) < 4.78 is 0. The molecule has 1 aliphatic heterocycles. The summed E-state index contributed by atoms with van der Waals surface area (Å²) in [6.07, 6.45) is 0. The van der Waals surface area contributed by atoms with Crippen LogP contribution in [0.5, 0.6) is 0 Å². The lowest BCUT2D eigenvalue weighted by atomic mass is 9.77. The second-order valence-corrected chi connectivity index (χ2v) is 11.5. The number of rotatable bonds is 0. The highest BCUT2D eigenvalue weighted by Gasteiger charge is 2.37. The highest BCUT2D eigenvalue weighted by molar-refractivity contribution is 7.56. The fourth-order valence-electron chi connectivity index (χ4n) is 2.89. The van der Waals surface area contributed by atoms with E-state index in [0.29, 0.717) is 0 Å². The first-order chi connectivity index (χ1) is 8.45. The van der Waals surface area contributed by atoms with Gasteiger partial charge >= 0.3 is 0 Å². The first kappa shape index (κ1) is 12.3. The topological polar surface area (TPSA) is 0 Å². The molecule has 2 aromatic carbocycles. The second-order valence-electron chi connectivity index (χ2n) is 5.29. The quantitative estimate of drug-likeness (QED) is 0.516. The Labute approximate surface area is 118 Å². The van der Waals surface area contributed by atoms with E-state index in [4.69, 9.17) is 22.2 Å². The molecule has 0 saturated heterocycles.